The first-order valence-electron chi connectivity index (χ1n) is 3.89. The van der Waals surface area contributed by atoms with Crippen LogP contribution >= 0.6 is 15.9 Å². The molecule has 0 saturated heterocycles. The van der Waals surface area contributed by atoms with Crippen molar-refractivity contribution in [2.75, 3.05) is 0 Å². The highest BCUT2D eigenvalue weighted by molar-refractivity contribution is 9.10. The van der Waals surface area contributed by atoms with E-state index in [2.05, 4.69) is 15.9 Å². The molecule has 72 valence electrons. The quantitative estimate of drug-likeness (QED) is 0.893. The fourth-order valence-electron chi connectivity index (χ4n) is 1.23. The van der Waals surface area contributed by atoms with Crippen molar-refractivity contribution in [3.8, 4) is 0 Å². The molecule has 0 spiro atoms. The number of hydrogen-bond acceptors (Lipinski definition) is 2. The molecule has 0 radical (unpaired) electrons. The van der Waals surface area contributed by atoms with Crippen molar-refractivity contribution in [3.05, 3.63) is 22.6 Å². The second kappa shape index (κ2) is 3.54. The summed E-state index contributed by atoms with van der Waals surface area (Å²) in [5.74, 6) is -0.150. The van der Waals surface area contributed by atoms with Crippen molar-refractivity contribution in [3.63, 3.8) is 0 Å². The number of hydrogen-bond donors (Lipinski definition) is 1. The maximum Gasteiger partial charge on any atom is 0.304 e. The fourth-order valence-corrected chi connectivity index (χ4v) is 1.97. The lowest BCUT2D eigenvalue weighted by atomic mass is 9.87. The van der Waals surface area contributed by atoms with E-state index in [1.165, 1.54) is 0 Å². The topological polar surface area (TPSA) is 50.4 Å². The van der Waals surface area contributed by atoms with Crippen LogP contribution in [0.25, 0.3) is 0 Å². The van der Waals surface area contributed by atoms with Gasteiger partial charge in [0.1, 0.15) is 5.76 Å². The van der Waals surface area contributed by atoms with Crippen LogP contribution < -0.4 is 0 Å². The summed E-state index contributed by atoms with van der Waals surface area (Å²) in [5, 5.41) is 8.68. The van der Waals surface area contributed by atoms with Crippen LogP contribution in [0.4, 0.5) is 0 Å². The Kier molecular flexibility index (Phi) is 2.81. The monoisotopic (exact) mass is 246 g/mol. The molecule has 0 aliphatic heterocycles. The van der Waals surface area contributed by atoms with Crippen molar-refractivity contribution in [2.24, 2.45) is 0 Å². The van der Waals surface area contributed by atoms with Crippen molar-refractivity contribution in [1.82, 2.24) is 0 Å². The van der Waals surface area contributed by atoms with E-state index in [1.54, 1.807) is 12.3 Å². The normalized spacial score (nSPS) is 11.6. The van der Waals surface area contributed by atoms with Gasteiger partial charge in [0, 0.05) is 5.41 Å². The summed E-state index contributed by atoms with van der Waals surface area (Å²) in [6.07, 6.45) is 1.60. The number of carbonyl (C=O) groups is 1. The summed E-state index contributed by atoms with van der Waals surface area (Å²) in [4.78, 5) is 10.6. The first-order valence-corrected chi connectivity index (χ1v) is 4.68. The standard InChI is InChI=1S/C9H11BrO3/c1-9(2,5-7(11)12)8-6(10)3-4-13-8/h3-4H,5H2,1-2H3,(H,11,12). The number of furan rings is 1. The Morgan fingerprint density at radius 2 is 2.31 bits per heavy atom. The highest BCUT2D eigenvalue weighted by Crippen LogP contribution is 2.33. The van der Waals surface area contributed by atoms with Crippen LogP contribution in [0.5, 0.6) is 0 Å². The first kappa shape index (κ1) is 10.3. The smallest absolute Gasteiger partial charge is 0.304 e. The maximum absolute atomic E-state index is 10.6. The van der Waals surface area contributed by atoms with Gasteiger partial charge in [-0.1, -0.05) is 13.8 Å². The first-order chi connectivity index (χ1) is 5.93. The molecule has 1 rings (SSSR count). The van der Waals surface area contributed by atoms with Crippen LogP contribution in [0.3, 0.4) is 0 Å². The van der Waals surface area contributed by atoms with E-state index in [0.29, 0.717) is 5.76 Å². The molecule has 13 heavy (non-hydrogen) atoms. The van der Waals surface area contributed by atoms with Crippen molar-refractivity contribution >= 4 is 21.9 Å². The molecule has 0 atom stereocenters. The van der Waals surface area contributed by atoms with E-state index in [4.69, 9.17) is 9.52 Å². The molecule has 0 aliphatic carbocycles. The third-order valence-corrected chi connectivity index (χ3v) is 2.45. The molecule has 0 saturated carbocycles. The minimum atomic E-state index is -0.826. The lowest BCUT2D eigenvalue weighted by Crippen LogP contribution is -2.21. The molecule has 0 bridgehead atoms. The molecule has 0 aliphatic rings. The molecule has 1 aromatic rings. The zero-order chi connectivity index (χ0) is 10.1. The molecule has 1 aromatic heterocycles. The second-order valence-corrected chi connectivity index (χ2v) is 4.41. The number of carboxylic acids is 1. The molecule has 0 fully saturated rings. The maximum atomic E-state index is 10.6. The third kappa shape index (κ3) is 2.34. The number of carboxylic acid groups (broad SMARTS) is 1. The second-order valence-electron chi connectivity index (χ2n) is 3.55. The van der Waals surface area contributed by atoms with E-state index in [1.807, 2.05) is 13.8 Å². The Hall–Kier alpha value is -0.770. The Morgan fingerprint density at radius 1 is 1.69 bits per heavy atom. The summed E-state index contributed by atoms with van der Waals surface area (Å²) >= 11 is 3.31. The Morgan fingerprint density at radius 3 is 2.69 bits per heavy atom. The lowest BCUT2D eigenvalue weighted by Gasteiger charge is -2.19. The summed E-state index contributed by atoms with van der Waals surface area (Å²) in [6, 6.07) is 1.76. The van der Waals surface area contributed by atoms with Gasteiger partial charge in [0.2, 0.25) is 0 Å². The highest BCUT2D eigenvalue weighted by Gasteiger charge is 2.29. The van der Waals surface area contributed by atoms with Gasteiger partial charge >= 0.3 is 5.97 Å². The highest BCUT2D eigenvalue weighted by atomic mass is 79.9. The zero-order valence-corrected chi connectivity index (χ0v) is 9.09. The molecule has 0 aromatic carbocycles. The minimum absolute atomic E-state index is 0.0547. The lowest BCUT2D eigenvalue weighted by molar-refractivity contribution is -0.138. The summed E-state index contributed by atoms with van der Waals surface area (Å²) in [7, 11) is 0. The predicted octanol–water partition coefficient (Wildman–Crippen LogP) is 2.79. The summed E-state index contributed by atoms with van der Waals surface area (Å²) < 4.78 is 6.04. The average molecular weight is 247 g/mol. The van der Waals surface area contributed by atoms with Crippen LogP contribution in [0, 0.1) is 0 Å². The summed E-state index contributed by atoms with van der Waals surface area (Å²) in [6.45, 7) is 3.68. The van der Waals surface area contributed by atoms with E-state index in [0.717, 1.165) is 4.47 Å². The fraction of sp³-hybridized carbons (Fsp3) is 0.444. The van der Waals surface area contributed by atoms with Gasteiger partial charge < -0.3 is 9.52 Å². The van der Waals surface area contributed by atoms with Crippen molar-refractivity contribution in [1.29, 1.82) is 0 Å². The van der Waals surface area contributed by atoms with Crippen LogP contribution in [0.2, 0.25) is 0 Å². The molecule has 0 unspecified atom stereocenters. The van der Waals surface area contributed by atoms with Crippen LogP contribution in [0.15, 0.2) is 21.2 Å². The molecule has 0 amide bonds. The Bertz CT molecular complexity index is 314. The Balaban J connectivity index is 2.93. The van der Waals surface area contributed by atoms with Crippen LogP contribution in [0.1, 0.15) is 26.0 Å². The third-order valence-electron chi connectivity index (χ3n) is 1.83. The van der Waals surface area contributed by atoms with Gasteiger partial charge in [-0.15, -0.1) is 0 Å². The molecular weight excluding hydrogens is 236 g/mol. The van der Waals surface area contributed by atoms with Gasteiger partial charge in [-0.2, -0.15) is 0 Å². The average Bonchev–Trinajstić information content (AvgIpc) is 2.32. The molecule has 1 heterocycles. The van der Waals surface area contributed by atoms with E-state index >= 15 is 0 Å². The number of rotatable bonds is 3. The van der Waals surface area contributed by atoms with Crippen LogP contribution in [-0.4, -0.2) is 11.1 Å². The van der Waals surface area contributed by atoms with E-state index in [9.17, 15) is 4.79 Å². The van der Waals surface area contributed by atoms with Gasteiger partial charge in [-0.3, -0.25) is 4.79 Å². The molecule has 3 nitrogen and oxygen atoms in total. The van der Waals surface area contributed by atoms with Gasteiger partial charge in [0.25, 0.3) is 0 Å². The Labute approximate surface area is 84.9 Å². The SMILES string of the molecule is CC(C)(CC(=O)O)c1occc1Br. The van der Waals surface area contributed by atoms with Gasteiger partial charge in [-0.05, 0) is 22.0 Å². The van der Waals surface area contributed by atoms with Gasteiger partial charge in [-0.25, -0.2) is 0 Å². The van der Waals surface area contributed by atoms with Crippen LogP contribution in [-0.2, 0) is 10.2 Å². The van der Waals surface area contributed by atoms with E-state index in [-0.39, 0.29) is 6.42 Å². The van der Waals surface area contributed by atoms with E-state index < -0.39 is 11.4 Å². The molecule has 4 heteroatoms. The zero-order valence-electron chi connectivity index (χ0n) is 7.50. The van der Waals surface area contributed by atoms with Gasteiger partial charge in [0.05, 0.1) is 17.2 Å². The summed E-state index contributed by atoms with van der Waals surface area (Å²) in [5.41, 5.74) is -0.478. The van der Waals surface area contributed by atoms with Crippen molar-refractivity contribution in [2.45, 2.75) is 25.7 Å². The molecule has 1 N–H and O–H groups in total. The largest absolute Gasteiger partial charge is 0.481 e. The number of halogens is 1. The number of aliphatic carboxylic acids is 1. The van der Waals surface area contributed by atoms with Gasteiger partial charge in [0.15, 0.2) is 0 Å². The minimum Gasteiger partial charge on any atom is -0.481 e. The van der Waals surface area contributed by atoms with Crippen molar-refractivity contribution < 1.29 is 14.3 Å². The predicted molar refractivity (Wildman–Crippen MR) is 51.7 cm³/mol. The molecular formula is C9H11BrO3.